The van der Waals surface area contributed by atoms with E-state index < -0.39 is 0 Å². The molecule has 2 aromatic heterocycles. The van der Waals surface area contributed by atoms with Crippen LogP contribution in [0.1, 0.15) is 12.0 Å². The molecule has 0 spiro atoms. The second-order valence-electron chi connectivity index (χ2n) is 5.55. The molecule has 3 rings (SSSR count). The molecule has 2 heterocycles. The Morgan fingerprint density at radius 2 is 2.00 bits per heavy atom. The van der Waals surface area contributed by atoms with Crippen LogP contribution in [0.2, 0.25) is 0 Å². The van der Waals surface area contributed by atoms with Crippen LogP contribution in [-0.2, 0) is 11.2 Å². The average molecular weight is 334 g/mol. The smallest absolute Gasteiger partial charge is 0.217 e. The molecule has 1 amide bonds. The molecule has 5 N–H and O–H groups in total. The minimum atomic E-state index is -0.317. The van der Waals surface area contributed by atoms with Crippen LogP contribution in [0.3, 0.4) is 0 Å². The number of carbonyl (C=O) groups excluding carboxylic acids is 1. The van der Waals surface area contributed by atoms with E-state index in [-0.39, 0.29) is 5.91 Å². The summed E-state index contributed by atoms with van der Waals surface area (Å²) in [6, 6.07) is 11.3. The molecule has 0 aliphatic heterocycles. The van der Waals surface area contributed by atoms with Gasteiger partial charge in [-0.3, -0.25) is 9.78 Å². The van der Waals surface area contributed by atoms with Crippen molar-refractivity contribution in [3.05, 3.63) is 60.6 Å². The van der Waals surface area contributed by atoms with E-state index in [1.165, 1.54) is 0 Å². The number of anilines is 3. The van der Waals surface area contributed by atoms with Crippen LogP contribution < -0.4 is 16.8 Å². The van der Waals surface area contributed by atoms with Crippen LogP contribution in [0.4, 0.5) is 17.3 Å². The number of primary amides is 1. The second-order valence-corrected chi connectivity index (χ2v) is 5.55. The molecule has 0 saturated carbocycles. The molecule has 0 saturated heterocycles. The van der Waals surface area contributed by atoms with Crippen molar-refractivity contribution in [1.29, 1.82) is 0 Å². The van der Waals surface area contributed by atoms with Gasteiger partial charge in [0.2, 0.25) is 5.91 Å². The molecular weight excluding hydrogens is 316 g/mol. The molecule has 25 heavy (non-hydrogen) atoms. The van der Waals surface area contributed by atoms with Gasteiger partial charge in [-0.1, -0.05) is 18.2 Å². The SMILES string of the molecule is NC(=O)CCc1cccc(-c2cc(N)cc(Nc3cnccn3)n2)c1. The average Bonchev–Trinajstić information content (AvgIpc) is 2.60. The monoisotopic (exact) mass is 334 g/mol. The van der Waals surface area contributed by atoms with Crippen molar-refractivity contribution in [2.24, 2.45) is 5.73 Å². The molecule has 0 unspecified atom stereocenters. The van der Waals surface area contributed by atoms with Crippen LogP contribution >= 0.6 is 0 Å². The van der Waals surface area contributed by atoms with Gasteiger partial charge in [-0.2, -0.15) is 0 Å². The topological polar surface area (TPSA) is 120 Å². The Kier molecular flexibility index (Phi) is 4.84. The predicted molar refractivity (Wildman–Crippen MR) is 96.9 cm³/mol. The van der Waals surface area contributed by atoms with E-state index in [0.29, 0.717) is 30.2 Å². The highest BCUT2D eigenvalue weighted by Crippen LogP contribution is 2.24. The van der Waals surface area contributed by atoms with Gasteiger partial charge in [0, 0.05) is 36.1 Å². The van der Waals surface area contributed by atoms with Gasteiger partial charge in [0.1, 0.15) is 11.6 Å². The Morgan fingerprint density at radius 3 is 2.76 bits per heavy atom. The molecule has 1 aromatic carbocycles. The van der Waals surface area contributed by atoms with Crippen molar-refractivity contribution in [2.75, 3.05) is 11.1 Å². The lowest BCUT2D eigenvalue weighted by atomic mass is 10.0. The quantitative estimate of drug-likeness (QED) is 0.636. The molecule has 0 bridgehead atoms. The number of nitrogen functional groups attached to an aromatic ring is 1. The number of carbonyl (C=O) groups is 1. The number of rotatable bonds is 6. The number of nitrogens with two attached hydrogens (primary N) is 2. The summed E-state index contributed by atoms with van der Waals surface area (Å²) in [7, 11) is 0. The van der Waals surface area contributed by atoms with Gasteiger partial charge in [0.25, 0.3) is 0 Å². The van der Waals surface area contributed by atoms with Gasteiger partial charge in [-0.25, -0.2) is 9.97 Å². The number of hydrogen-bond acceptors (Lipinski definition) is 6. The zero-order valence-corrected chi connectivity index (χ0v) is 13.5. The fraction of sp³-hybridized carbons (Fsp3) is 0.111. The number of benzene rings is 1. The molecule has 0 radical (unpaired) electrons. The lowest BCUT2D eigenvalue weighted by Gasteiger charge is -2.09. The van der Waals surface area contributed by atoms with E-state index in [1.807, 2.05) is 24.3 Å². The third-order valence-corrected chi connectivity index (χ3v) is 3.55. The maximum Gasteiger partial charge on any atom is 0.217 e. The number of nitrogens with one attached hydrogen (secondary N) is 1. The van der Waals surface area contributed by atoms with E-state index in [4.69, 9.17) is 11.5 Å². The summed E-state index contributed by atoms with van der Waals surface area (Å²) in [6.07, 6.45) is 5.71. The first-order valence-corrected chi connectivity index (χ1v) is 7.78. The maximum atomic E-state index is 11.0. The van der Waals surface area contributed by atoms with Crippen LogP contribution in [0.15, 0.2) is 55.0 Å². The molecule has 0 aliphatic carbocycles. The Hall–Kier alpha value is -3.48. The number of aryl methyl sites for hydroxylation is 1. The van der Waals surface area contributed by atoms with E-state index >= 15 is 0 Å². The Bertz CT molecular complexity index is 882. The number of amides is 1. The van der Waals surface area contributed by atoms with Crippen LogP contribution in [-0.4, -0.2) is 20.9 Å². The Balaban J connectivity index is 1.87. The minimum Gasteiger partial charge on any atom is -0.399 e. The number of aromatic nitrogens is 3. The number of nitrogens with zero attached hydrogens (tertiary/aromatic N) is 3. The predicted octanol–water partition coefficient (Wildman–Crippen LogP) is 2.28. The van der Waals surface area contributed by atoms with E-state index in [0.717, 1.165) is 16.8 Å². The van der Waals surface area contributed by atoms with Gasteiger partial charge >= 0.3 is 0 Å². The van der Waals surface area contributed by atoms with Gasteiger partial charge in [-0.05, 0) is 24.1 Å². The molecular formula is C18H18N6O. The minimum absolute atomic E-state index is 0.313. The zero-order chi connectivity index (χ0) is 17.6. The van der Waals surface area contributed by atoms with Crippen LogP contribution in [0, 0.1) is 0 Å². The molecule has 3 aromatic rings. The van der Waals surface area contributed by atoms with Crippen molar-refractivity contribution in [1.82, 2.24) is 15.0 Å². The summed E-state index contributed by atoms with van der Waals surface area (Å²) < 4.78 is 0. The summed E-state index contributed by atoms with van der Waals surface area (Å²) in [4.78, 5) is 23.7. The van der Waals surface area contributed by atoms with Gasteiger partial charge in [0.15, 0.2) is 0 Å². The summed E-state index contributed by atoms with van der Waals surface area (Å²) in [5, 5.41) is 3.08. The standard InChI is InChI=1S/C18H18N6O/c19-14-9-15(13-3-1-2-12(8-13)4-5-16(20)25)23-17(10-14)24-18-11-21-6-7-22-18/h1-3,6-11H,4-5H2,(H2,20,25)(H3,19,22,23,24). The van der Waals surface area contributed by atoms with Crippen molar-refractivity contribution in [3.63, 3.8) is 0 Å². The third kappa shape index (κ3) is 4.51. The lowest BCUT2D eigenvalue weighted by molar-refractivity contribution is -0.117. The molecule has 0 aliphatic rings. The molecule has 7 nitrogen and oxygen atoms in total. The highest BCUT2D eigenvalue weighted by atomic mass is 16.1. The van der Waals surface area contributed by atoms with E-state index in [9.17, 15) is 4.79 Å². The summed E-state index contributed by atoms with van der Waals surface area (Å²) >= 11 is 0. The largest absolute Gasteiger partial charge is 0.399 e. The first kappa shape index (κ1) is 16.4. The number of pyridine rings is 1. The molecule has 126 valence electrons. The fourth-order valence-electron chi connectivity index (χ4n) is 2.41. The van der Waals surface area contributed by atoms with E-state index in [1.54, 1.807) is 30.7 Å². The van der Waals surface area contributed by atoms with E-state index in [2.05, 4.69) is 20.3 Å². The van der Waals surface area contributed by atoms with Crippen molar-refractivity contribution in [3.8, 4) is 11.3 Å². The number of hydrogen-bond donors (Lipinski definition) is 3. The van der Waals surface area contributed by atoms with Crippen molar-refractivity contribution < 1.29 is 4.79 Å². The highest BCUT2D eigenvalue weighted by molar-refractivity contribution is 5.74. The summed E-state index contributed by atoms with van der Waals surface area (Å²) in [5.74, 6) is 0.850. The molecule has 0 atom stereocenters. The molecule has 7 heteroatoms. The Labute approximate surface area is 145 Å². The highest BCUT2D eigenvalue weighted by Gasteiger charge is 2.06. The molecule has 0 fully saturated rings. The van der Waals surface area contributed by atoms with Crippen molar-refractivity contribution in [2.45, 2.75) is 12.8 Å². The summed E-state index contributed by atoms with van der Waals surface area (Å²) in [5.41, 5.74) is 14.5. The fourth-order valence-corrected chi connectivity index (χ4v) is 2.41. The van der Waals surface area contributed by atoms with Crippen LogP contribution in [0.25, 0.3) is 11.3 Å². The first-order valence-electron chi connectivity index (χ1n) is 7.78. The van der Waals surface area contributed by atoms with Gasteiger partial charge < -0.3 is 16.8 Å². The zero-order valence-electron chi connectivity index (χ0n) is 13.5. The van der Waals surface area contributed by atoms with Gasteiger partial charge in [-0.15, -0.1) is 0 Å². The second kappa shape index (κ2) is 7.39. The third-order valence-electron chi connectivity index (χ3n) is 3.55. The Morgan fingerprint density at radius 1 is 1.12 bits per heavy atom. The normalized spacial score (nSPS) is 10.4. The van der Waals surface area contributed by atoms with Crippen molar-refractivity contribution >= 4 is 23.2 Å². The lowest BCUT2D eigenvalue weighted by Crippen LogP contribution is -2.11. The summed E-state index contributed by atoms with van der Waals surface area (Å²) in [6.45, 7) is 0. The van der Waals surface area contributed by atoms with Crippen LogP contribution in [0.5, 0.6) is 0 Å². The first-order chi connectivity index (χ1) is 12.1. The maximum absolute atomic E-state index is 11.0. The van der Waals surface area contributed by atoms with Gasteiger partial charge in [0.05, 0.1) is 11.9 Å².